The Balaban J connectivity index is 1.30. The van der Waals surface area contributed by atoms with Crippen molar-refractivity contribution in [2.45, 2.75) is 96.4 Å². The lowest BCUT2D eigenvalue weighted by molar-refractivity contribution is -0.121. The van der Waals surface area contributed by atoms with Crippen molar-refractivity contribution in [3.05, 3.63) is 148 Å². The molecular weight excluding hydrogens is 884 g/mol. The van der Waals surface area contributed by atoms with Crippen LogP contribution in [0.2, 0.25) is 0 Å². The van der Waals surface area contributed by atoms with Crippen LogP contribution in [0.3, 0.4) is 0 Å². The van der Waals surface area contributed by atoms with Crippen LogP contribution in [0, 0.1) is 11.3 Å². The van der Waals surface area contributed by atoms with Crippen LogP contribution < -0.4 is 24.7 Å². The van der Waals surface area contributed by atoms with E-state index in [1.54, 1.807) is 32.5 Å². The molecule has 1 aliphatic heterocycles. The van der Waals surface area contributed by atoms with Crippen molar-refractivity contribution in [3.63, 3.8) is 0 Å². The van der Waals surface area contributed by atoms with Crippen molar-refractivity contribution in [2.24, 2.45) is 0 Å². The first-order valence-corrected chi connectivity index (χ1v) is 24.0. The molecule has 0 bridgehead atoms. The van der Waals surface area contributed by atoms with Crippen LogP contribution in [0.15, 0.2) is 120 Å². The van der Waals surface area contributed by atoms with Gasteiger partial charge in [-0.25, -0.2) is 9.65 Å². The lowest BCUT2D eigenvalue weighted by atomic mass is 9.80. The largest absolute Gasteiger partial charge is 0.497 e. The zero-order chi connectivity index (χ0) is 48.4. The van der Waals surface area contributed by atoms with Gasteiger partial charge in [-0.1, -0.05) is 72.8 Å². The Morgan fingerprint density at radius 2 is 1.43 bits per heavy atom. The molecule has 4 aromatic carbocycles. The fourth-order valence-corrected chi connectivity index (χ4v) is 10.4. The third-order valence-corrected chi connectivity index (χ3v) is 13.9. The van der Waals surface area contributed by atoms with E-state index in [1.165, 1.54) is 4.90 Å². The minimum atomic E-state index is -1.71. The van der Waals surface area contributed by atoms with E-state index in [0.717, 1.165) is 16.7 Å². The second-order valence-corrected chi connectivity index (χ2v) is 18.6. The van der Waals surface area contributed by atoms with Crippen molar-refractivity contribution in [1.82, 2.24) is 19.6 Å². The number of aromatic nitrogens is 3. The number of amides is 1. The molecule has 0 radical (unpaired) electrons. The molecule has 0 saturated carbocycles. The van der Waals surface area contributed by atoms with Gasteiger partial charge >= 0.3 is 0 Å². The lowest BCUT2D eigenvalue weighted by Gasteiger charge is -2.39. The fraction of sp³-hybridized carbons (Fsp3) is 0.385. The SMILES string of the molecule is COc1ccc(C(OC[C@H]2O[C@@H](c3c[nH]c4c(=O)[nH]c(N(C(=O)COc5ccccc5)C(C)C)nc34)C[C@@H]2OP(OCCC#N)N(C(C)C)C(C)C)(c2ccccc2)c2ccc(OC)cc2)cc1. The molecule has 1 amide bonds. The maximum atomic E-state index is 13.8. The topological polar surface area (TPSA) is 173 Å². The van der Waals surface area contributed by atoms with Gasteiger partial charge in [0.15, 0.2) is 6.61 Å². The molecule has 15 nitrogen and oxygen atoms in total. The summed E-state index contributed by atoms with van der Waals surface area (Å²) in [6.07, 6.45) is 0.300. The van der Waals surface area contributed by atoms with Crippen LogP contribution >= 0.6 is 8.53 Å². The van der Waals surface area contributed by atoms with Crippen LogP contribution in [0.4, 0.5) is 5.95 Å². The average molecular weight is 945 g/mol. The van der Waals surface area contributed by atoms with Crippen LogP contribution in [0.25, 0.3) is 11.0 Å². The number of methoxy groups -OCH3 is 2. The molecule has 2 N–H and O–H groups in total. The Hall–Kier alpha value is -6.11. The minimum absolute atomic E-state index is 0.0392. The zero-order valence-electron chi connectivity index (χ0n) is 39.9. The predicted molar refractivity (Wildman–Crippen MR) is 262 cm³/mol. The van der Waals surface area contributed by atoms with E-state index in [1.807, 2.05) is 111 Å². The molecule has 0 aliphatic carbocycles. The fourth-order valence-electron chi connectivity index (χ4n) is 8.63. The maximum absolute atomic E-state index is 13.8. The summed E-state index contributed by atoms with van der Waals surface area (Å²) < 4.78 is 47.2. The lowest BCUT2D eigenvalue weighted by Crippen LogP contribution is -2.42. The molecule has 1 fully saturated rings. The molecule has 16 heteroatoms. The van der Waals surface area contributed by atoms with Gasteiger partial charge in [-0.05, 0) is 94.6 Å². The summed E-state index contributed by atoms with van der Waals surface area (Å²) >= 11 is 0. The monoisotopic (exact) mass is 944 g/mol. The normalized spacial score (nSPS) is 16.7. The van der Waals surface area contributed by atoms with E-state index in [4.69, 9.17) is 37.7 Å². The second kappa shape index (κ2) is 22.8. The van der Waals surface area contributed by atoms with Crippen molar-refractivity contribution < 1.29 is 37.5 Å². The van der Waals surface area contributed by atoms with Crippen molar-refractivity contribution in [2.75, 3.05) is 38.9 Å². The van der Waals surface area contributed by atoms with Gasteiger partial charge < -0.3 is 37.7 Å². The maximum Gasteiger partial charge on any atom is 0.276 e. The van der Waals surface area contributed by atoms with Gasteiger partial charge in [-0.2, -0.15) is 5.26 Å². The summed E-state index contributed by atoms with van der Waals surface area (Å²) in [6.45, 7) is 12.0. The number of nitrogens with zero attached hydrogens (tertiary/aromatic N) is 4. The minimum Gasteiger partial charge on any atom is -0.497 e. The van der Waals surface area contributed by atoms with E-state index in [2.05, 4.69) is 48.4 Å². The van der Waals surface area contributed by atoms with Crippen LogP contribution in [0.1, 0.15) is 82.7 Å². The summed E-state index contributed by atoms with van der Waals surface area (Å²) in [7, 11) is 1.55. The Kier molecular flexibility index (Phi) is 16.7. The molecule has 1 saturated heterocycles. The highest BCUT2D eigenvalue weighted by Gasteiger charge is 2.45. The van der Waals surface area contributed by atoms with E-state index in [9.17, 15) is 14.9 Å². The molecule has 358 valence electrons. The number of anilines is 1. The van der Waals surface area contributed by atoms with Gasteiger partial charge in [0.2, 0.25) is 5.95 Å². The molecular formula is C52H61N6O9P. The highest BCUT2D eigenvalue weighted by Crippen LogP contribution is 2.51. The van der Waals surface area contributed by atoms with Gasteiger partial charge in [-0.15, -0.1) is 0 Å². The van der Waals surface area contributed by atoms with Crippen LogP contribution in [0.5, 0.6) is 17.2 Å². The summed E-state index contributed by atoms with van der Waals surface area (Å²) in [5.74, 6) is 1.63. The van der Waals surface area contributed by atoms with E-state index >= 15 is 0 Å². The molecule has 3 heterocycles. The molecule has 68 heavy (non-hydrogen) atoms. The number of hydrogen-bond acceptors (Lipinski definition) is 12. The first kappa shape index (κ1) is 49.8. The van der Waals surface area contributed by atoms with E-state index in [0.29, 0.717) is 34.7 Å². The number of hydrogen-bond donors (Lipinski definition) is 2. The summed E-state index contributed by atoms with van der Waals surface area (Å²) in [6, 6.07) is 36.6. The number of H-pyrrole nitrogens is 2. The Labute approximate surface area is 399 Å². The van der Waals surface area contributed by atoms with Gasteiger partial charge in [0.1, 0.15) is 40.0 Å². The first-order chi connectivity index (χ1) is 32.9. The number of carbonyl (C=O) groups is 1. The van der Waals surface area contributed by atoms with Crippen LogP contribution in [-0.2, 0) is 28.9 Å². The predicted octanol–water partition coefficient (Wildman–Crippen LogP) is 9.59. The molecule has 0 spiro atoms. The quantitative estimate of drug-likeness (QED) is 0.0376. The number of ether oxygens (including phenoxy) is 5. The van der Waals surface area contributed by atoms with Gasteiger partial charge in [0.25, 0.3) is 20.0 Å². The smallest absolute Gasteiger partial charge is 0.276 e. The number of carbonyl (C=O) groups excluding carboxylic acids is 1. The Bertz CT molecular complexity index is 2600. The number of aromatic amines is 2. The van der Waals surface area contributed by atoms with Crippen LogP contribution in [-0.4, -0.2) is 89.9 Å². The van der Waals surface area contributed by atoms with E-state index < -0.39 is 38.0 Å². The van der Waals surface area contributed by atoms with Gasteiger partial charge in [-0.3, -0.25) is 19.5 Å². The number of fused-ring (bicyclic) bond motifs is 1. The molecule has 7 rings (SSSR count). The second-order valence-electron chi connectivity index (χ2n) is 17.2. The number of rotatable bonds is 22. The number of benzene rings is 4. The first-order valence-electron chi connectivity index (χ1n) is 22.9. The van der Waals surface area contributed by atoms with Crippen molar-refractivity contribution >= 4 is 31.4 Å². The summed E-state index contributed by atoms with van der Waals surface area (Å²) in [4.78, 5) is 39.9. The molecule has 6 aromatic rings. The van der Waals surface area contributed by atoms with Crippen molar-refractivity contribution in [3.8, 4) is 23.3 Å². The third-order valence-electron chi connectivity index (χ3n) is 11.7. The highest BCUT2D eigenvalue weighted by atomic mass is 31.2. The number of nitriles is 1. The average Bonchev–Trinajstić information content (AvgIpc) is 3.96. The molecule has 4 atom stereocenters. The van der Waals surface area contributed by atoms with Gasteiger partial charge in [0, 0.05) is 36.3 Å². The summed E-state index contributed by atoms with van der Waals surface area (Å²) in [5.41, 5.74) is 2.15. The van der Waals surface area contributed by atoms with Gasteiger partial charge in [0.05, 0.1) is 52.1 Å². The standard InChI is InChI=1S/C52H61N6O9P/c1-34(2)57(47(59)33-63-42-18-13-10-14-19-42)51-55-48-43(31-54-49(48)50(60)56-51)44-30-45(67-68(65-29-15-28-53)58(35(3)4)36(5)6)46(66-44)32-64-52(37-16-11-9-12-17-37,38-20-24-40(61-7)25-21-38)39-22-26-41(62-8)27-23-39/h9-14,16-27,31,34-36,44-46,54H,15,29-30,32-33H2,1-8H3,(H,55,56,60)/t44-,45+,46-,68?/m1/s1. The zero-order valence-corrected chi connectivity index (χ0v) is 40.8. The number of nitrogens with one attached hydrogen (secondary N) is 2. The molecule has 2 aromatic heterocycles. The van der Waals surface area contributed by atoms with E-state index in [-0.39, 0.29) is 61.7 Å². The van der Waals surface area contributed by atoms with Crippen molar-refractivity contribution in [1.29, 1.82) is 5.26 Å². The molecule has 1 aliphatic rings. The number of para-hydroxylation sites is 1. The summed E-state index contributed by atoms with van der Waals surface area (Å²) in [5, 5.41) is 9.49. The Morgan fingerprint density at radius 1 is 0.838 bits per heavy atom. The Morgan fingerprint density at radius 3 is 1.99 bits per heavy atom. The molecule has 1 unspecified atom stereocenters. The third kappa shape index (κ3) is 11.1. The highest BCUT2D eigenvalue weighted by molar-refractivity contribution is 7.44.